The molecule has 1 N–H and O–H groups in total. The zero-order valence-electron chi connectivity index (χ0n) is 9.51. The van der Waals surface area contributed by atoms with Crippen LogP contribution in [0.2, 0.25) is 0 Å². The van der Waals surface area contributed by atoms with Crippen molar-refractivity contribution in [3.8, 4) is 6.07 Å². The largest absolute Gasteiger partial charge is 0.418 e. The second kappa shape index (κ2) is 4.53. The minimum atomic E-state index is -4.57. The molecule has 1 aromatic rings. The monoisotopic (exact) mass is 332 g/mol. The third-order valence-electron chi connectivity index (χ3n) is 2.93. The number of hydrogen-bond donors (Lipinski definition) is 1. The van der Waals surface area contributed by atoms with Crippen molar-refractivity contribution < 1.29 is 18.0 Å². The van der Waals surface area contributed by atoms with E-state index in [0.29, 0.717) is 12.8 Å². The Labute approximate surface area is 115 Å². The van der Waals surface area contributed by atoms with Gasteiger partial charge in [0.25, 0.3) is 0 Å². The van der Waals surface area contributed by atoms with Gasteiger partial charge < -0.3 is 5.32 Å². The van der Waals surface area contributed by atoms with E-state index < -0.39 is 23.1 Å². The van der Waals surface area contributed by atoms with E-state index >= 15 is 0 Å². The third kappa shape index (κ3) is 2.73. The Balaban J connectivity index is 2.31. The van der Waals surface area contributed by atoms with Crippen molar-refractivity contribution >= 4 is 27.5 Å². The number of hydrogen-bond acceptors (Lipinski definition) is 2. The third-order valence-corrected chi connectivity index (χ3v) is 3.43. The van der Waals surface area contributed by atoms with Crippen molar-refractivity contribution in [2.24, 2.45) is 5.41 Å². The van der Waals surface area contributed by atoms with E-state index in [1.165, 1.54) is 6.07 Å². The number of halogens is 4. The quantitative estimate of drug-likeness (QED) is 0.897. The van der Waals surface area contributed by atoms with E-state index in [-0.39, 0.29) is 10.2 Å². The zero-order valence-corrected chi connectivity index (χ0v) is 11.1. The number of anilines is 1. The highest BCUT2D eigenvalue weighted by atomic mass is 79.9. The van der Waals surface area contributed by atoms with E-state index in [4.69, 9.17) is 5.26 Å². The summed E-state index contributed by atoms with van der Waals surface area (Å²) in [5.74, 6) is -0.678. The molecule has 19 heavy (non-hydrogen) atoms. The highest BCUT2D eigenvalue weighted by Crippen LogP contribution is 2.46. The number of amides is 1. The molecule has 0 atom stereocenters. The number of nitrogens with one attached hydrogen (secondary N) is 1. The van der Waals surface area contributed by atoms with Crippen molar-refractivity contribution in [3.05, 3.63) is 28.2 Å². The fourth-order valence-corrected chi connectivity index (χ4v) is 1.98. The Morgan fingerprint density at radius 3 is 2.53 bits per heavy atom. The summed E-state index contributed by atoms with van der Waals surface area (Å²) in [7, 11) is 0. The summed E-state index contributed by atoms with van der Waals surface area (Å²) in [6.07, 6.45) is -3.81. The van der Waals surface area contributed by atoms with Crippen LogP contribution in [0.25, 0.3) is 0 Å². The molecular formula is C12H8BrF3N2O. The van der Waals surface area contributed by atoms with Gasteiger partial charge in [-0.1, -0.05) is 15.9 Å². The standard InChI is InChI=1S/C12H8BrF3N2O/c13-7-1-2-9(8(5-7)12(14,15)16)18-10(19)11(6-17)3-4-11/h1-2,5H,3-4H2,(H,18,19). The summed E-state index contributed by atoms with van der Waals surface area (Å²) in [5.41, 5.74) is -2.43. The van der Waals surface area contributed by atoms with Gasteiger partial charge in [-0.3, -0.25) is 4.79 Å². The molecule has 0 aromatic heterocycles. The summed E-state index contributed by atoms with van der Waals surface area (Å²) in [6.45, 7) is 0. The van der Waals surface area contributed by atoms with Crippen LogP contribution >= 0.6 is 15.9 Å². The van der Waals surface area contributed by atoms with Crippen molar-refractivity contribution in [2.45, 2.75) is 19.0 Å². The van der Waals surface area contributed by atoms with Crippen LogP contribution in [0.5, 0.6) is 0 Å². The molecule has 0 heterocycles. The van der Waals surface area contributed by atoms with Crippen LogP contribution in [0.3, 0.4) is 0 Å². The summed E-state index contributed by atoms with van der Waals surface area (Å²) in [4.78, 5) is 11.8. The molecule has 0 saturated heterocycles. The fourth-order valence-electron chi connectivity index (χ4n) is 1.62. The molecule has 1 aliphatic carbocycles. The molecule has 1 aromatic carbocycles. The smallest absolute Gasteiger partial charge is 0.324 e. The molecular weight excluding hydrogens is 325 g/mol. The molecule has 1 saturated carbocycles. The first-order chi connectivity index (χ1) is 8.78. The lowest BCUT2D eigenvalue weighted by Gasteiger charge is -2.15. The first kappa shape index (κ1) is 13.9. The van der Waals surface area contributed by atoms with Crippen molar-refractivity contribution in [2.75, 3.05) is 5.32 Å². The van der Waals surface area contributed by atoms with Gasteiger partial charge in [-0.15, -0.1) is 0 Å². The first-order valence-corrected chi connectivity index (χ1v) is 6.17. The Bertz CT molecular complexity index is 573. The number of nitriles is 1. The summed E-state index contributed by atoms with van der Waals surface area (Å²) in [5, 5.41) is 11.0. The lowest BCUT2D eigenvalue weighted by molar-refractivity contribution is -0.137. The number of nitrogens with zero attached hydrogens (tertiary/aromatic N) is 1. The van der Waals surface area contributed by atoms with Crippen LogP contribution in [0.1, 0.15) is 18.4 Å². The van der Waals surface area contributed by atoms with Gasteiger partial charge in [0.1, 0.15) is 5.41 Å². The van der Waals surface area contributed by atoms with E-state index in [2.05, 4.69) is 21.2 Å². The first-order valence-electron chi connectivity index (χ1n) is 5.38. The van der Waals surface area contributed by atoms with Crippen molar-refractivity contribution in [1.29, 1.82) is 5.26 Å². The molecule has 1 aliphatic rings. The normalized spacial score (nSPS) is 16.6. The van der Waals surface area contributed by atoms with Crippen LogP contribution in [0.4, 0.5) is 18.9 Å². The van der Waals surface area contributed by atoms with Crippen LogP contribution in [0.15, 0.2) is 22.7 Å². The number of rotatable bonds is 2. The molecule has 2 rings (SSSR count). The topological polar surface area (TPSA) is 52.9 Å². The Morgan fingerprint density at radius 1 is 1.42 bits per heavy atom. The van der Waals surface area contributed by atoms with Gasteiger partial charge in [0, 0.05) is 4.47 Å². The van der Waals surface area contributed by atoms with E-state index in [1.54, 1.807) is 0 Å². The molecule has 1 fully saturated rings. The zero-order chi connectivity index (χ0) is 14.3. The second-order valence-electron chi connectivity index (χ2n) is 4.34. The SMILES string of the molecule is N#CC1(C(=O)Nc2ccc(Br)cc2C(F)(F)F)CC1. The highest BCUT2D eigenvalue weighted by molar-refractivity contribution is 9.10. The average Bonchev–Trinajstić information content (AvgIpc) is 3.11. The van der Waals surface area contributed by atoms with Gasteiger partial charge in [0.15, 0.2) is 0 Å². The van der Waals surface area contributed by atoms with Gasteiger partial charge >= 0.3 is 6.18 Å². The molecule has 1 amide bonds. The van der Waals surface area contributed by atoms with Gasteiger partial charge in [-0.2, -0.15) is 18.4 Å². The molecule has 0 aliphatic heterocycles. The molecule has 100 valence electrons. The minimum absolute atomic E-state index is 0.263. The maximum Gasteiger partial charge on any atom is 0.418 e. The maximum atomic E-state index is 12.8. The van der Waals surface area contributed by atoms with Gasteiger partial charge in [-0.05, 0) is 31.0 Å². The molecule has 0 radical (unpaired) electrons. The fraction of sp³-hybridized carbons (Fsp3) is 0.333. The Hall–Kier alpha value is -1.55. The Kier molecular flexibility index (Phi) is 3.31. The van der Waals surface area contributed by atoms with Gasteiger partial charge in [0.05, 0.1) is 17.3 Å². The van der Waals surface area contributed by atoms with E-state index in [0.717, 1.165) is 12.1 Å². The van der Waals surface area contributed by atoms with Crippen LogP contribution < -0.4 is 5.32 Å². The predicted molar refractivity (Wildman–Crippen MR) is 65.1 cm³/mol. The summed E-state index contributed by atoms with van der Waals surface area (Å²) >= 11 is 2.96. The van der Waals surface area contributed by atoms with Crippen molar-refractivity contribution in [1.82, 2.24) is 0 Å². The molecule has 3 nitrogen and oxygen atoms in total. The average molecular weight is 333 g/mol. The summed E-state index contributed by atoms with van der Waals surface area (Å²) < 4.78 is 38.8. The number of carbonyl (C=O) groups is 1. The molecule has 0 spiro atoms. The lowest BCUT2D eigenvalue weighted by Crippen LogP contribution is -2.24. The van der Waals surface area contributed by atoms with Crippen LogP contribution in [0, 0.1) is 16.7 Å². The number of carbonyl (C=O) groups excluding carboxylic acids is 1. The predicted octanol–water partition coefficient (Wildman–Crippen LogP) is 3.71. The second-order valence-corrected chi connectivity index (χ2v) is 5.25. The maximum absolute atomic E-state index is 12.8. The molecule has 0 bridgehead atoms. The summed E-state index contributed by atoms with van der Waals surface area (Å²) in [6, 6.07) is 5.29. The minimum Gasteiger partial charge on any atom is -0.324 e. The number of benzene rings is 1. The van der Waals surface area contributed by atoms with E-state index in [1.807, 2.05) is 6.07 Å². The van der Waals surface area contributed by atoms with Gasteiger partial charge in [-0.25, -0.2) is 0 Å². The van der Waals surface area contributed by atoms with Crippen LogP contribution in [-0.2, 0) is 11.0 Å². The van der Waals surface area contributed by atoms with Crippen LogP contribution in [-0.4, -0.2) is 5.91 Å². The molecule has 7 heteroatoms. The Morgan fingerprint density at radius 2 is 2.05 bits per heavy atom. The van der Waals surface area contributed by atoms with Crippen molar-refractivity contribution in [3.63, 3.8) is 0 Å². The van der Waals surface area contributed by atoms with E-state index in [9.17, 15) is 18.0 Å². The number of alkyl halides is 3. The molecule has 0 unspecified atom stereocenters. The lowest BCUT2D eigenvalue weighted by atomic mass is 10.1. The van der Waals surface area contributed by atoms with Gasteiger partial charge in [0.2, 0.25) is 5.91 Å². The highest BCUT2D eigenvalue weighted by Gasteiger charge is 2.51.